The first-order chi connectivity index (χ1) is 5.65. The zero-order valence-electron chi connectivity index (χ0n) is 8.67. The van der Waals surface area contributed by atoms with Gasteiger partial charge in [-0.1, -0.05) is 19.6 Å². The molecule has 12 heavy (non-hydrogen) atoms. The highest BCUT2D eigenvalue weighted by molar-refractivity contribution is 6.54. The quantitative estimate of drug-likeness (QED) is 0.518. The van der Waals surface area contributed by atoms with Crippen LogP contribution in [0.1, 0.15) is 0 Å². The number of aliphatic hydroxyl groups excluding tert-OH is 1. The Labute approximate surface area is 77.3 Å². The Morgan fingerprint density at radius 1 is 1.08 bits per heavy atom. The molecule has 4 heteroatoms. The van der Waals surface area contributed by atoms with Crippen molar-refractivity contribution in [1.82, 2.24) is 0 Å². The molecule has 0 aromatic carbocycles. The smallest absolute Gasteiger partial charge is 0.0701 e. The van der Waals surface area contributed by atoms with Gasteiger partial charge in [-0.2, -0.15) is 0 Å². The first-order valence-corrected chi connectivity index (χ1v) is 7.79. The van der Waals surface area contributed by atoms with Crippen LogP contribution in [0.25, 0.3) is 0 Å². The lowest BCUT2D eigenvalue weighted by atomic mass is 10.7. The molecule has 0 atom stereocenters. The molecular formula is C8H22O3Si. The van der Waals surface area contributed by atoms with Crippen LogP contribution >= 0.6 is 0 Å². The molecule has 0 rings (SSSR count). The van der Waals surface area contributed by atoms with Crippen molar-refractivity contribution in [3.05, 3.63) is 0 Å². The van der Waals surface area contributed by atoms with Gasteiger partial charge in [-0.25, -0.2) is 0 Å². The summed E-state index contributed by atoms with van der Waals surface area (Å²) < 4.78 is 9.53. The van der Waals surface area contributed by atoms with E-state index in [1.165, 1.54) is 0 Å². The summed E-state index contributed by atoms with van der Waals surface area (Å²) >= 11 is 0. The van der Waals surface area contributed by atoms with E-state index in [0.29, 0.717) is 19.8 Å². The molecule has 0 saturated carbocycles. The molecule has 0 aliphatic heterocycles. The van der Waals surface area contributed by atoms with Crippen LogP contribution in [0.4, 0.5) is 0 Å². The fourth-order valence-electron chi connectivity index (χ4n) is 0.309. The van der Waals surface area contributed by atoms with Gasteiger partial charge in [-0.05, 0) is 0 Å². The van der Waals surface area contributed by atoms with E-state index in [1.54, 1.807) is 7.11 Å². The van der Waals surface area contributed by atoms with Crippen molar-refractivity contribution in [2.45, 2.75) is 19.6 Å². The Balaban J connectivity index is 0. The molecule has 0 fully saturated rings. The Bertz CT molecular complexity index is 60.6. The minimum absolute atomic E-state index is 0.0870. The van der Waals surface area contributed by atoms with E-state index >= 15 is 0 Å². The van der Waals surface area contributed by atoms with E-state index in [0.717, 1.165) is 0 Å². The molecule has 0 heterocycles. The number of methoxy groups -OCH3 is 1. The third-order valence-electron chi connectivity index (χ3n) is 0.667. The van der Waals surface area contributed by atoms with Gasteiger partial charge < -0.3 is 14.6 Å². The minimum Gasteiger partial charge on any atom is -0.394 e. The molecule has 0 saturated heterocycles. The number of hydrogen-bond acceptors (Lipinski definition) is 3. The summed E-state index contributed by atoms with van der Waals surface area (Å²) in [6, 6.07) is 0. The standard InChI is InChI=1S/C5H12O3.C3H10Si/c1-7-4-5-8-3-2-6;1-4(2)3/h6H,2-5H2,1H3;4H,1-3H3. The van der Waals surface area contributed by atoms with Gasteiger partial charge >= 0.3 is 0 Å². The summed E-state index contributed by atoms with van der Waals surface area (Å²) in [6.07, 6.45) is 0. The van der Waals surface area contributed by atoms with Crippen molar-refractivity contribution in [1.29, 1.82) is 0 Å². The second-order valence-corrected chi connectivity index (χ2v) is 6.52. The molecule has 0 aromatic heterocycles. The van der Waals surface area contributed by atoms with E-state index in [-0.39, 0.29) is 15.4 Å². The van der Waals surface area contributed by atoms with Gasteiger partial charge in [0.2, 0.25) is 0 Å². The van der Waals surface area contributed by atoms with Gasteiger partial charge in [0.1, 0.15) is 0 Å². The lowest BCUT2D eigenvalue weighted by molar-refractivity contribution is 0.0500. The van der Waals surface area contributed by atoms with Crippen molar-refractivity contribution in [3.8, 4) is 0 Å². The molecule has 0 unspecified atom stereocenters. The van der Waals surface area contributed by atoms with Crippen LogP contribution in [0.5, 0.6) is 0 Å². The Morgan fingerprint density at radius 2 is 1.58 bits per heavy atom. The SMILES string of the molecule is COCCOCCO.C[SiH](C)C. The predicted octanol–water partition coefficient (Wildman–Crippen LogP) is 0.745. The molecule has 0 spiro atoms. The normalized spacial score (nSPS) is 9.50. The third kappa shape index (κ3) is 32.2. The minimum atomic E-state index is -0.139. The zero-order valence-corrected chi connectivity index (χ0v) is 9.82. The van der Waals surface area contributed by atoms with Crippen LogP contribution in [0.15, 0.2) is 0 Å². The van der Waals surface area contributed by atoms with Crippen LogP contribution in [-0.4, -0.2) is 47.4 Å². The largest absolute Gasteiger partial charge is 0.394 e. The van der Waals surface area contributed by atoms with Gasteiger partial charge in [0.05, 0.1) is 26.4 Å². The van der Waals surface area contributed by atoms with Crippen LogP contribution in [-0.2, 0) is 9.47 Å². The number of rotatable bonds is 5. The summed E-state index contributed by atoms with van der Waals surface area (Å²) in [5.74, 6) is 0. The first kappa shape index (κ1) is 14.6. The van der Waals surface area contributed by atoms with Gasteiger partial charge in [-0.15, -0.1) is 0 Å². The van der Waals surface area contributed by atoms with E-state index in [4.69, 9.17) is 9.84 Å². The number of aliphatic hydroxyl groups is 1. The van der Waals surface area contributed by atoms with Crippen LogP contribution in [0, 0.1) is 0 Å². The highest BCUT2D eigenvalue weighted by Crippen LogP contribution is 1.72. The van der Waals surface area contributed by atoms with E-state index in [1.807, 2.05) is 0 Å². The second kappa shape index (κ2) is 13.7. The van der Waals surface area contributed by atoms with Crippen molar-refractivity contribution in [2.24, 2.45) is 0 Å². The summed E-state index contributed by atoms with van der Waals surface area (Å²) in [7, 11) is 1.47. The summed E-state index contributed by atoms with van der Waals surface area (Å²) in [4.78, 5) is 0. The molecular weight excluding hydrogens is 172 g/mol. The Kier molecular flexibility index (Phi) is 16.6. The zero-order chi connectivity index (χ0) is 9.82. The lowest BCUT2D eigenvalue weighted by Gasteiger charge is -1.98. The van der Waals surface area contributed by atoms with E-state index in [2.05, 4.69) is 24.4 Å². The molecule has 76 valence electrons. The highest BCUT2D eigenvalue weighted by atomic mass is 28.3. The average molecular weight is 194 g/mol. The Morgan fingerprint density at radius 3 is 1.92 bits per heavy atom. The fourth-order valence-corrected chi connectivity index (χ4v) is 0.309. The molecule has 0 bridgehead atoms. The molecule has 1 N–H and O–H groups in total. The maximum atomic E-state index is 8.20. The van der Waals surface area contributed by atoms with Gasteiger partial charge in [0.25, 0.3) is 0 Å². The molecule has 0 amide bonds. The number of hydrogen-bond donors (Lipinski definition) is 1. The molecule has 0 aliphatic rings. The van der Waals surface area contributed by atoms with Crippen LogP contribution in [0.3, 0.4) is 0 Å². The first-order valence-electron chi connectivity index (χ1n) is 4.32. The predicted molar refractivity (Wildman–Crippen MR) is 54.5 cm³/mol. The van der Waals surface area contributed by atoms with E-state index < -0.39 is 0 Å². The summed E-state index contributed by atoms with van der Waals surface area (Å²) in [6.45, 7) is 8.57. The van der Waals surface area contributed by atoms with Crippen molar-refractivity contribution in [3.63, 3.8) is 0 Å². The third-order valence-corrected chi connectivity index (χ3v) is 0.667. The van der Waals surface area contributed by atoms with E-state index in [9.17, 15) is 0 Å². The van der Waals surface area contributed by atoms with Gasteiger partial charge in [-0.3, -0.25) is 0 Å². The van der Waals surface area contributed by atoms with Gasteiger partial charge in [0, 0.05) is 15.9 Å². The van der Waals surface area contributed by atoms with Crippen molar-refractivity contribution >= 4 is 8.80 Å². The Hall–Kier alpha value is 0.0969. The maximum absolute atomic E-state index is 8.20. The average Bonchev–Trinajstić information content (AvgIpc) is 1.97. The molecule has 3 nitrogen and oxygen atoms in total. The maximum Gasteiger partial charge on any atom is 0.0701 e. The highest BCUT2D eigenvalue weighted by Gasteiger charge is 1.82. The summed E-state index contributed by atoms with van der Waals surface area (Å²) in [5.41, 5.74) is 0. The van der Waals surface area contributed by atoms with Gasteiger partial charge in [0.15, 0.2) is 0 Å². The number of ether oxygens (including phenoxy) is 2. The second-order valence-electron chi connectivity index (χ2n) is 3.06. The van der Waals surface area contributed by atoms with Crippen molar-refractivity contribution in [2.75, 3.05) is 33.5 Å². The topological polar surface area (TPSA) is 38.7 Å². The van der Waals surface area contributed by atoms with Crippen molar-refractivity contribution < 1.29 is 14.6 Å². The fraction of sp³-hybridized carbons (Fsp3) is 1.00. The molecule has 0 aromatic rings. The molecule has 0 aliphatic carbocycles. The molecule has 0 radical (unpaired) electrons. The van der Waals surface area contributed by atoms with Crippen LogP contribution < -0.4 is 0 Å². The van der Waals surface area contributed by atoms with Crippen LogP contribution in [0.2, 0.25) is 19.6 Å². The summed E-state index contributed by atoms with van der Waals surface area (Å²) in [5, 5.41) is 8.20. The lowest BCUT2D eigenvalue weighted by Crippen LogP contribution is -2.05. The monoisotopic (exact) mass is 194 g/mol.